The van der Waals surface area contributed by atoms with E-state index < -0.39 is 5.79 Å². The van der Waals surface area contributed by atoms with Crippen molar-refractivity contribution in [1.29, 1.82) is 0 Å². The van der Waals surface area contributed by atoms with Crippen LogP contribution in [0.3, 0.4) is 0 Å². The molecule has 0 saturated heterocycles. The second kappa shape index (κ2) is 3.40. The van der Waals surface area contributed by atoms with Crippen LogP contribution in [0.1, 0.15) is 17.7 Å². The van der Waals surface area contributed by atoms with Gasteiger partial charge >= 0.3 is 0 Å². The Morgan fingerprint density at radius 1 is 1.31 bits per heavy atom. The molecule has 0 unspecified atom stereocenters. The minimum atomic E-state index is -0.483. The zero-order chi connectivity index (χ0) is 11.0. The van der Waals surface area contributed by atoms with Gasteiger partial charge in [0.1, 0.15) is 12.5 Å². The summed E-state index contributed by atoms with van der Waals surface area (Å²) < 4.78 is 16.2. The van der Waals surface area contributed by atoms with Crippen LogP contribution in [0.25, 0.3) is 0 Å². The Balaban J connectivity index is 1.89. The number of pyridine rings is 1. The van der Waals surface area contributed by atoms with E-state index in [1.54, 1.807) is 19.6 Å². The zero-order valence-electron chi connectivity index (χ0n) is 9.10. The van der Waals surface area contributed by atoms with E-state index in [0.717, 1.165) is 25.0 Å². The normalized spacial score (nSPS) is 20.1. The van der Waals surface area contributed by atoms with Crippen molar-refractivity contribution in [3.05, 3.63) is 35.9 Å². The van der Waals surface area contributed by atoms with Crippen LogP contribution >= 0.6 is 0 Å². The summed E-state index contributed by atoms with van der Waals surface area (Å²) in [6, 6.07) is 3.91. The molecule has 1 aromatic rings. The molecule has 0 fully saturated rings. The Morgan fingerprint density at radius 2 is 2.12 bits per heavy atom. The topological polar surface area (TPSA) is 40.6 Å². The summed E-state index contributed by atoms with van der Waals surface area (Å²) in [5.41, 5.74) is 2.26. The van der Waals surface area contributed by atoms with Crippen molar-refractivity contribution in [1.82, 2.24) is 4.98 Å². The zero-order valence-corrected chi connectivity index (χ0v) is 9.10. The molecule has 1 aromatic heterocycles. The number of fused-ring (bicyclic) bond motifs is 1. The third-order valence-corrected chi connectivity index (χ3v) is 3.08. The fourth-order valence-corrected chi connectivity index (χ4v) is 2.22. The van der Waals surface area contributed by atoms with Gasteiger partial charge in [-0.15, -0.1) is 0 Å². The molecule has 0 bridgehead atoms. The lowest BCUT2D eigenvalue weighted by Gasteiger charge is -2.32. The Hall–Kier alpha value is -1.71. The average Bonchev–Trinajstić information content (AvgIpc) is 2.77. The first-order chi connectivity index (χ1) is 7.81. The van der Waals surface area contributed by atoms with Crippen molar-refractivity contribution in [2.75, 3.05) is 7.11 Å². The lowest BCUT2D eigenvalue weighted by molar-refractivity contribution is -0.148. The van der Waals surface area contributed by atoms with Gasteiger partial charge in [-0.1, -0.05) is 6.07 Å². The molecule has 1 aliphatic heterocycles. The van der Waals surface area contributed by atoms with Gasteiger partial charge in [0.2, 0.25) is 5.88 Å². The summed E-state index contributed by atoms with van der Waals surface area (Å²) in [5, 5.41) is 0. The molecule has 0 radical (unpaired) electrons. The maximum atomic E-state index is 5.53. The van der Waals surface area contributed by atoms with E-state index in [4.69, 9.17) is 14.2 Å². The highest BCUT2D eigenvalue weighted by Crippen LogP contribution is 2.35. The Kier molecular flexibility index (Phi) is 2.02. The SMILES string of the molecule is COc1ccc2c(n1)CCC1(C2)OC=CO1. The van der Waals surface area contributed by atoms with Crippen LogP contribution in [0.15, 0.2) is 24.7 Å². The van der Waals surface area contributed by atoms with Gasteiger partial charge in [0.25, 0.3) is 5.79 Å². The molecule has 1 aliphatic carbocycles. The van der Waals surface area contributed by atoms with Crippen LogP contribution in [0.4, 0.5) is 0 Å². The van der Waals surface area contributed by atoms with Crippen LogP contribution in [0.5, 0.6) is 5.88 Å². The van der Waals surface area contributed by atoms with Crippen molar-refractivity contribution in [2.24, 2.45) is 0 Å². The van der Waals surface area contributed by atoms with E-state index >= 15 is 0 Å². The minimum absolute atomic E-state index is 0.483. The van der Waals surface area contributed by atoms with E-state index in [2.05, 4.69) is 4.98 Å². The molecule has 0 amide bonds. The molecule has 0 atom stereocenters. The van der Waals surface area contributed by atoms with Crippen molar-refractivity contribution < 1.29 is 14.2 Å². The first-order valence-electron chi connectivity index (χ1n) is 5.35. The molecular weight excluding hydrogens is 206 g/mol. The highest BCUT2D eigenvalue weighted by molar-refractivity contribution is 5.29. The average molecular weight is 219 g/mol. The van der Waals surface area contributed by atoms with E-state index in [0.29, 0.717) is 5.88 Å². The van der Waals surface area contributed by atoms with Gasteiger partial charge in [0.05, 0.1) is 13.5 Å². The predicted octanol–water partition coefficient (Wildman–Crippen LogP) is 1.79. The monoisotopic (exact) mass is 219 g/mol. The van der Waals surface area contributed by atoms with Crippen LogP contribution in [0.2, 0.25) is 0 Å². The van der Waals surface area contributed by atoms with Crippen LogP contribution in [-0.2, 0) is 22.3 Å². The molecule has 2 heterocycles. The number of aromatic nitrogens is 1. The smallest absolute Gasteiger partial charge is 0.254 e. The van der Waals surface area contributed by atoms with Gasteiger partial charge in [-0.25, -0.2) is 4.98 Å². The molecule has 0 saturated carbocycles. The maximum Gasteiger partial charge on any atom is 0.254 e. The second-order valence-corrected chi connectivity index (χ2v) is 4.05. The van der Waals surface area contributed by atoms with Crippen LogP contribution in [0, 0.1) is 0 Å². The lowest BCUT2D eigenvalue weighted by Crippen LogP contribution is -2.37. The maximum absolute atomic E-state index is 5.53. The third-order valence-electron chi connectivity index (χ3n) is 3.08. The molecule has 84 valence electrons. The summed E-state index contributed by atoms with van der Waals surface area (Å²) in [5.74, 6) is 0.185. The first kappa shape index (κ1) is 9.51. The number of nitrogens with zero attached hydrogens (tertiary/aromatic N) is 1. The third kappa shape index (κ3) is 1.41. The van der Waals surface area contributed by atoms with Crippen LogP contribution < -0.4 is 4.74 Å². The molecule has 0 aromatic carbocycles. The Bertz CT molecular complexity index is 434. The van der Waals surface area contributed by atoms with Gasteiger partial charge in [-0.3, -0.25) is 0 Å². The molecule has 3 rings (SSSR count). The van der Waals surface area contributed by atoms with Crippen molar-refractivity contribution >= 4 is 0 Å². The largest absolute Gasteiger partial charge is 0.481 e. The number of ether oxygens (including phenoxy) is 3. The van der Waals surface area contributed by atoms with Crippen molar-refractivity contribution in [3.63, 3.8) is 0 Å². The second-order valence-electron chi connectivity index (χ2n) is 4.05. The summed E-state index contributed by atoms with van der Waals surface area (Å²) in [4.78, 5) is 4.43. The lowest BCUT2D eigenvalue weighted by atomic mass is 9.91. The Morgan fingerprint density at radius 3 is 2.88 bits per heavy atom. The standard InChI is InChI=1S/C12H13NO3/c1-14-11-3-2-9-8-12(15-6-7-16-12)5-4-10(9)13-11/h2-3,6-7H,4-5,8H2,1H3. The molecular formula is C12H13NO3. The number of aryl methyl sites for hydroxylation is 1. The molecule has 4 heteroatoms. The quantitative estimate of drug-likeness (QED) is 0.722. The Labute approximate surface area is 93.8 Å². The summed E-state index contributed by atoms with van der Waals surface area (Å²) in [6.07, 6.45) is 5.65. The number of hydrogen-bond donors (Lipinski definition) is 0. The first-order valence-corrected chi connectivity index (χ1v) is 5.35. The summed E-state index contributed by atoms with van der Waals surface area (Å²) in [7, 11) is 1.63. The van der Waals surface area contributed by atoms with Gasteiger partial charge in [0.15, 0.2) is 0 Å². The highest BCUT2D eigenvalue weighted by atomic mass is 16.7. The molecule has 1 spiro atoms. The molecule has 2 aliphatic rings. The fraction of sp³-hybridized carbons (Fsp3) is 0.417. The summed E-state index contributed by atoms with van der Waals surface area (Å²) >= 11 is 0. The minimum Gasteiger partial charge on any atom is -0.481 e. The summed E-state index contributed by atoms with van der Waals surface area (Å²) in [6.45, 7) is 0. The number of rotatable bonds is 1. The van der Waals surface area contributed by atoms with Gasteiger partial charge in [-0.05, 0) is 12.0 Å². The van der Waals surface area contributed by atoms with E-state index in [1.165, 1.54) is 5.56 Å². The van der Waals surface area contributed by atoms with Gasteiger partial charge < -0.3 is 14.2 Å². The predicted molar refractivity (Wildman–Crippen MR) is 56.9 cm³/mol. The number of hydrogen-bond acceptors (Lipinski definition) is 4. The molecule has 0 N–H and O–H groups in total. The van der Waals surface area contributed by atoms with Crippen molar-refractivity contribution in [2.45, 2.75) is 25.0 Å². The van der Waals surface area contributed by atoms with E-state index in [-0.39, 0.29) is 0 Å². The highest BCUT2D eigenvalue weighted by Gasteiger charge is 2.39. The fourth-order valence-electron chi connectivity index (χ4n) is 2.22. The number of methoxy groups -OCH3 is 1. The van der Waals surface area contributed by atoms with Crippen molar-refractivity contribution in [3.8, 4) is 5.88 Å². The van der Waals surface area contributed by atoms with E-state index in [9.17, 15) is 0 Å². The van der Waals surface area contributed by atoms with Crippen LogP contribution in [-0.4, -0.2) is 17.9 Å². The van der Waals surface area contributed by atoms with E-state index in [1.807, 2.05) is 12.1 Å². The van der Waals surface area contributed by atoms with Gasteiger partial charge in [-0.2, -0.15) is 0 Å². The molecule has 4 nitrogen and oxygen atoms in total. The van der Waals surface area contributed by atoms with Gasteiger partial charge in [0, 0.05) is 18.2 Å². The molecule has 16 heavy (non-hydrogen) atoms.